The summed E-state index contributed by atoms with van der Waals surface area (Å²) in [6, 6.07) is 0.767. The SMILES string of the molecule is C[SiH2]CCC(C)(F)F. The molecule has 0 saturated carbocycles. The third-order valence-electron chi connectivity index (χ3n) is 0.969. The van der Waals surface area contributed by atoms with Crippen molar-refractivity contribution in [2.24, 2.45) is 0 Å². The second-order valence-electron chi connectivity index (χ2n) is 2.17. The molecule has 0 bridgehead atoms. The molecule has 0 heterocycles. The summed E-state index contributed by atoms with van der Waals surface area (Å²) in [5.41, 5.74) is 0. The molecule has 0 aromatic carbocycles. The van der Waals surface area contributed by atoms with E-state index in [1.54, 1.807) is 0 Å². The van der Waals surface area contributed by atoms with Crippen molar-refractivity contribution in [3.63, 3.8) is 0 Å². The molecule has 0 fully saturated rings. The third kappa shape index (κ3) is 6.08. The van der Waals surface area contributed by atoms with Crippen LogP contribution in [-0.4, -0.2) is 15.4 Å². The van der Waals surface area contributed by atoms with Gasteiger partial charge in [0.25, 0.3) is 0 Å². The van der Waals surface area contributed by atoms with E-state index in [0.29, 0.717) is 0 Å². The highest BCUT2D eigenvalue weighted by molar-refractivity contribution is 6.33. The summed E-state index contributed by atoms with van der Waals surface area (Å²) in [6.07, 6.45) is 0.0930. The second-order valence-corrected chi connectivity index (χ2v) is 3.88. The van der Waals surface area contributed by atoms with Gasteiger partial charge in [0.05, 0.1) is 0 Å². The van der Waals surface area contributed by atoms with Crippen LogP contribution in [0.15, 0.2) is 0 Å². The normalized spacial score (nSPS) is 13.5. The predicted octanol–water partition coefficient (Wildman–Crippen LogP) is 1.67. The Labute approximate surface area is 51.1 Å². The molecule has 0 N–H and O–H groups in total. The zero-order chi connectivity index (χ0) is 6.62. The molecule has 0 rings (SSSR count). The van der Waals surface area contributed by atoms with Crippen molar-refractivity contribution in [3.05, 3.63) is 0 Å². The summed E-state index contributed by atoms with van der Waals surface area (Å²) >= 11 is 0. The van der Waals surface area contributed by atoms with Crippen LogP contribution < -0.4 is 0 Å². The Morgan fingerprint density at radius 3 is 2.12 bits per heavy atom. The molecule has 8 heavy (non-hydrogen) atoms. The zero-order valence-corrected chi connectivity index (χ0v) is 6.79. The minimum absolute atomic E-state index is 0.0930. The molecule has 0 spiro atoms. The summed E-state index contributed by atoms with van der Waals surface area (Å²) in [5, 5.41) is 0. The minimum Gasteiger partial charge on any atom is -0.207 e. The summed E-state index contributed by atoms with van der Waals surface area (Å²) in [5.74, 6) is -2.41. The van der Waals surface area contributed by atoms with Crippen molar-refractivity contribution >= 4 is 9.52 Å². The van der Waals surface area contributed by atoms with E-state index in [1.165, 1.54) is 0 Å². The molecule has 0 atom stereocenters. The lowest BCUT2D eigenvalue weighted by atomic mass is 10.3. The molecule has 0 amide bonds. The third-order valence-corrected chi connectivity index (χ3v) is 2.03. The van der Waals surface area contributed by atoms with Gasteiger partial charge in [-0.3, -0.25) is 0 Å². The van der Waals surface area contributed by atoms with Gasteiger partial charge < -0.3 is 0 Å². The monoisotopic (exact) mass is 138 g/mol. The van der Waals surface area contributed by atoms with Gasteiger partial charge in [-0.25, -0.2) is 8.78 Å². The molecular weight excluding hydrogens is 126 g/mol. The lowest BCUT2D eigenvalue weighted by Crippen LogP contribution is -2.09. The number of alkyl halides is 2. The topological polar surface area (TPSA) is 0 Å². The zero-order valence-electron chi connectivity index (χ0n) is 5.38. The Bertz CT molecular complexity index is 57.9. The van der Waals surface area contributed by atoms with Gasteiger partial charge >= 0.3 is 0 Å². The molecule has 0 aliphatic heterocycles. The largest absolute Gasteiger partial charge is 0.245 e. The van der Waals surface area contributed by atoms with E-state index in [4.69, 9.17) is 0 Å². The van der Waals surface area contributed by atoms with E-state index in [9.17, 15) is 8.78 Å². The summed E-state index contributed by atoms with van der Waals surface area (Å²) < 4.78 is 23.9. The summed E-state index contributed by atoms with van der Waals surface area (Å²) in [4.78, 5) is 0. The van der Waals surface area contributed by atoms with Crippen LogP contribution in [0.2, 0.25) is 12.6 Å². The molecule has 0 nitrogen and oxygen atoms in total. The molecule has 0 unspecified atom stereocenters. The van der Waals surface area contributed by atoms with Crippen molar-refractivity contribution in [2.45, 2.75) is 31.9 Å². The molecular formula is C5H12F2Si. The van der Waals surface area contributed by atoms with E-state index < -0.39 is 5.92 Å². The maximum atomic E-state index is 11.9. The fourth-order valence-electron chi connectivity index (χ4n) is 0.487. The van der Waals surface area contributed by atoms with Crippen molar-refractivity contribution in [1.82, 2.24) is 0 Å². The van der Waals surface area contributed by atoms with Crippen LogP contribution in [0.5, 0.6) is 0 Å². The van der Waals surface area contributed by atoms with Crippen LogP contribution in [0.4, 0.5) is 8.78 Å². The molecule has 0 radical (unpaired) electrons. The Kier molecular flexibility index (Phi) is 3.20. The minimum atomic E-state index is -2.41. The highest BCUT2D eigenvalue weighted by atomic mass is 28.2. The molecule has 0 aliphatic rings. The van der Waals surface area contributed by atoms with Crippen molar-refractivity contribution in [2.75, 3.05) is 0 Å². The molecule has 0 aromatic heterocycles. The highest BCUT2D eigenvalue weighted by Crippen LogP contribution is 2.18. The van der Waals surface area contributed by atoms with E-state index >= 15 is 0 Å². The first kappa shape index (κ1) is 8.08. The average molecular weight is 138 g/mol. The number of hydrogen-bond acceptors (Lipinski definition) is 0. The van der Waals surface area contributed by atoms with Crippen molar-refractivity contribution in [3.8, 4) is 0 Å². The first-order valence-corrected chi connectivity index (χ1v) is 5.35. The highest BCUT2D eigenvalue weighted by Gasteiger charge is 2.18. The van der Waals surface area contributed by atoms with Crippen LogP contribution in [-0.2, 0) is 0 Å². The van der Waals surface area contributed by atoms with Gasteiger partial charge in [-0.2, -0.15) is 0 Å². The van der Waals surface area contributed by atoms with Crippen LogP contribution >= 0.6 is 0 Å². The molecule has 3 heteroatoms. The number of rotatable bonds is 3. The van der Waals surface area contributed by atoms with Crippen LogP contribution in [0.25, 0.3) is 0 Å². The number of hydrogen-bond donors (Lipinski definition) is 0. The predicted molar refractivity (Wildman–Crippen MR) is 34.5 cm³/mol. The van der Waals surface area contributed by atoms with Crippen LogP contribution in [0.1, 0.15) is 13.3 Å². The van der Waals surface area contributed by atoms with Crippen molar-refractivity contribution in [1.29, 1.82) is 0 Å². The van der Waals surface area contributed by atoms with Crippen molar-refractivity contribution < 1.29 is 8.78 Å². The fourth-order valence-corrected chi connectivity index (χ4v) is 1.46. The molecule has 0 aromatic rings. The second kappa shape index (κ2) is 3.17. The van der Waals surface area contributed by atoms with Gasteiger partial charge in [0.15, 0.2) is 0 Å². The van der Waals surface area contributed by atoms with Gasteiger partial charge in [0.2, 0.25) is 5.92 Å². The lowest BCUT2D eigenvalue weighted by molar-refractivity contribution is 0.0182. The lowest BCUT2D eigenvalue weighted by Gasteiger charge is -2.06. The Morgan fingerprint density at radius 1 is 1.50 bits per heavy atom. The maximum Gasteiger partial charge on any atom is 0.245 e. The first-order chi connectivity index (χ1) is 3.56. The first-order valence-electron chi connectivity index (χ1n) is 2.94. The van der Waals surface area contributed by atoms with Gasteiger partial charge in [0.1, 0.15) is 0 Å². The summed E-state index contributed by atoms with van der Waals surface area (Å²) in [6.45, 7) is 3.03. The smallest absolute Gasteiger partial charge is 0.207 e. The van der Waals surface area contributed by atoms with E-state index in [1.807, 2.05) is 6.55 Å². The quantitative estimate of drug-likeness (QED) is 0.520. The van der Waals surface area contributed by atoms with E-state index in [0.717, 1.165) is 13.0 Å². The van der Waals surface area contributed by atoms with Gasteiger partial charge in [0, 0.05) is 15.9 Å². The van der Waals surface area contributed by atoms with Gasteiger partial charge in [-0.1, -0.05) is 12.6 Å². The standard InChI is InChI=1S/C5H12F2Si/c1-5(6,7)3-4-8-2/h3-4,8H2,1-2H3. The molecule has 0 aliphatic carbocycles. The van der Waals surface area contributed by atoms with E-state index in [-0.39, 0.29) is 15.9 Å². The Morgan fingerprint density at radius 2 is 2.00 bits per heavy atom. The average Bonchev–Trinajstić information content (AvgIpc) is 1.59. The molecule has 0 saturated heterocycles. The van der Waals surface area contributed by atoms with E-state index in [2.05, 4.69) is 0 Å². The summed E-state index contributed by atoms with van der Waals surface area (Å²) in [7, 11) is -0.146. The number of halogens is 2. The van der Waals surface area contributed by atoms with Crippen LogP contribution in [0, 0.1) is 0 Å². The van der Waals surface area contributed by atoms with Crippen LogP contribution in [0.3, 0.4) is 0 Å². The van der Waals surface area contributed by atoms with Gasteiger partial charge in [-0.15, -0.1) is 0 Å². The Balaban J connectivity index is 3.11. The maximum absolute atomic E-state index is 11.9. The molecule has 50 valence electrons. The fraction of sp³-hybridized carbons (Fsp3) is 1.00. The Hall–Kier alpha value is 0.0769. The van der Waals surface area contributed by atoms with Gasteiger partial charge in [-0.05, 0) is 6.92 Å².